The average molecular weight is 181 g/mol. The minimum Gasteiger partial charge on any atom is -0.466 e. The molecule has 1 rings (SSSR count). The fraction of sp³-hybridized carbons (Fsp3) is 0.636. The molecule has 1 aromatic heterocycles. The van der Waals surface area contributed by atoms with Crippen molar-refractivity contribution in [1.29, 1.82) is 0 Å². The second-order valence-corrected chi connectivity index (χ2v) is 3.77. The molecule has 0 saturated heterocycles. The number of hydrogen-bond donors (Lipinski definition) is 1. The first-order valence-electron chi connectivity index (χ1n) is 4.87. The largest absolute Gasteiger partial charge is 0.466 e. The predicted molar refractivity (Wildman–Crippen MR) is 55.0 cm³/mol. The summed E-state index contributed by atoms with van der Waals surface area (Å²) in [6, 6.07) is 4.64. The lowest BCUT2D eigenvalue weighted by atomic mass is 10.0. The van der Waals surface area contributed by atoms with Gasteiger partial charge in [0.15, 0.2) is 0 Å². The van der Waals surface area contributed by atoms with Crippen LogP contribution in [0, 0.1) is 6.92 Å². The summed E-state index contributed by atoms with van der Waals surface area (Å²) >= 11 is 0. The van der Waals surface area contributed by atoms with E-state index < -0.39 is 0 Å². The minimum absolute atomic E-state index is 0.496. The number of nitrogens with one attached hydrogen (secondary N) is 1. The normalized spacial score (nSPS) is 15.7. The van der Waals surface area contributed by atoms with Gasteiger partial charge in [-0.15, -0.1) is 0 Å². The van der Waals surface area contributed by atoms with Gasteiger partial charge < -0.3 is 9.73 Å². The molecule has 0 aliphatic carbocycles. The Labute approximate surface area is 80.3 Å². The van der Waals surface area contributed by atoms with Gasteiger partial charge in [0, 0.05) is 12.0 Å². The van der Waals surface area contributed by atoms with Crippen molar-refractivity contribution in [1.82, 2.24) is 5.32 Å². The standard InChI is InChI=1S/C11H19NO/c1-8(7-9(2)12-4)11-6-5-10(3)13-11/h5-6,8-9,12H,7H2,1-4H3. The molecule has 0 bridgehead atoms. The molecule has 2 unspecified atom stereocenters. The van der Waals surface area contributed by atoms with Crippen molar-refractivity contribution in [3.05, 3.63) is 23.7 Å². The van der Waals surface area contributed by atoms with Crippen LogP contribution >= 0.6 is 0 Å². The molecule has 0 aliphatic rings. The number of hydrogen-bond acceptors (Lipinski definition) is 2. The Morgan fingerprint density at radius 3 is 2.54 bits per heavy atom. The smallest absolute Gasteiger partial charge is 0.107 e. The summed E-state index contributed by atoms with van der Waals surface area (Å²) in [6.07, 6.45) is 1.11. The SMILES string of the molecule is CNC(C)CC(C)c1ccc(C)o1. The molecular formula is C11H19NO. The lowest BCUT2D eigenvalue weighted by Crippen LogP contribution is -2.22. The zero-order valence-electron chi connectivity index (χ0n) is 8.92. The van der Waals surface area contributed by atoms with E-state index >= 15 is 0 Å². The van der Waals surface area contributed by atoms with Gasteiger partial charge in [-0.1, -0.05) is 6.92 Å². The second-order valence-electron chi connectivity index (χ2n) is 3.77. The van der Waals surface area contributed by atoms with Crippen LogP contribution in [0.1, 0.15) is 37.7 Å². The first-order valence-corrected chi connectivity index (χ1v) is 4.87. The second kappa shape index (κ2) is 4.47. The highest BCUT2D eigenvalue weighted by molar-refractivity contribution is 5.09. The molecule has 0 aliphatic heterocycles. The van der Waals surface area contributed by atoms with E-state index in [0.717, 1.165) is 17.9 Å². The molecule has 13 heavy (non-hydrogen) atoms. The third kappa shape index (κ3) is 2.88. The molecule has 0 aromatic carbocycles. The highest BCUT2D eigenvalue weighted by Crippen LogP contribution is 2.22. The zero-order chi connectivity index (χ0) is 9.84. The van der Waals surface area contributed by atoms with Crippen LogP contribution in [0.5, 0.6) is 0 Å². The van der Waals surface area contributed by atoms with Gasteiger partial charge in [-0.05, 0) is 39.4 Å². The molecule has 0 spiro atoms. The van der Waals surface area contributed by atoms with E-state index in [-0.39, 0.29) is 0 Å². The van der Waals surface area contributed by atoms with Crippen molar-refractivity contribution < 1.29 is 4.42 Å². The Hall–Kier alpha value is -0.760. The van der Waals surface area contributed by atoms with Gasteiger partial charge in [-0.3, -0.25) is 0 Å². The van der Waals surface area contributed by atoms with E-state index in [1.165, 1.54) is 0 Å². The van der Waals surface area contributed by atoms with Gasteiger partial charge in [0.2, 0.25) is 0 Å². The Morgan fingerprint density at radius 1 is 1.38 bits per heavy atom. The van der Waals surface area contributed by atoms with Gasteiger partial charge >= 0.3 is 0 Å². The van der Waals surface area contributed by atoms with Gasteiger partial charge in [0.1, 0.15) is 11.5 Å². The first kappa shape index (κ1) is 10.3. The highest BCUT2D eigenvalue weighted by Gasteiger charge is 2.12. The van der Waals surface area contributed by atoms with Crippen LogP contribution < -0.4 is 5.32 Å². The van der Waals surface area contributed by atoms with Crippen LogP contribution in [0.4, 0.5) is 0 Å². The molecule has 0 fully saturated rings. The third-order valence-corrected chi connectivity index (χ3v) is 2.45. The van der Waals surface area contributed by atoms with Crippen LogP contribution in [0.15, 0.2) is 16.5 Å². The maximum atomic E-state index is 5.56. The molecule has 0 radical (unpaired) electrons. The van der Waals surface area contributed by atoms with Gasteiger partial charge in [0.25, 0.3) is 0 Å². The van der Waals surface area contributed by atoms with Gasteiger partial charge in [-0.2, -0.15) is 0 Å². The highest BCUT2D eigenvalue weighted by atomic mass is 16.3. The number of aryl methyl sites for hydroxylation is 1. The van der Waals surface area contributed by atoms with Crippen molar-refractivity contribution in [2.45, 2.75) is 39.2 Å². The van der Waals surface area contributed by atoms with Gasteiger partial charge in [-0.25, -0.2) is 0 Å². The maximum Gasteiger partial charge on any atom is 0.107 e. The lowest BCUT2D eigenvalue weighted by Gasteiger charge is -2.14. The van der Waals surface area contributed by atoms with E-state index in [1.807, 2.05) is 20.0 Å². The summed E-state index contributed by atoms with van der Waals surface area (Å²) in [6.45, 7) is 6.37. The molecule has 2 heteroatoms. The minimum atomic E-state index is 0.496. The monoisotopic (exact) mass is 181 g/mol. The van der Waals surface area contributed by atoms with Crippen molar-refractivity contribution in [2.75, 3.05) is 7.05 Å². The Balaban J connectivity index is 2.53. The number of furan rings is 1. The zero-order valence-corrected chi connectivity index (χ0v) is 8.92. The molecular weight excluding hydrogens is 162 g/mol. The quantitative estimate of drug-likeness (QED) is 0.772. The Morgan fingerprint density at radius 2 is 2.08 bits per heavy atom. The van der Waals surface area contributed by atoms with Crippen LogP contribution in [-0.4, -0.2) is 13.1 Å². The van der Waals surface area contributed by atoms with E-state index in [1.54, 1.807) is 0 Å². The van der Waals surface area contributed by atoms with Crippen molar-refractivity contribution in [3.8, 4) is 0 Å². The van der Waals surface area contributed by atoms with E-state index in [4.69, 9.17) is 4.42 Å². The van der Waals surface area contributed by atoms with Crippen molar-refractivity contribution >= 4 is 0 Å². The maximum absolute atomic E-state index is 5.56. The molecule has 1 N–H and O–H groups in total. The fourth-order valence-electron chi connectivity index (χ4n) is 1.48. The summed E-state index contributed by atoms with van der Waals surface area (Å²) in [5.41, 5.74) is 0. The number of rotatable bonds is 4. The predicted octanol–water partition coefficient (Wildman–Crippen LogP) is 2.69. The molecule has 74 valence electrons. The third-order valence-electron chi connectivity index (χ3n) is 2.45. The summed E-state index contributed by atoms with van der Waals surface area (Å²) in [7, 11) is 1.99. The molecule has 1 aromatic rings. The van der Waals surface area contributed by atoms with E-state index in [9.17, 15) is 0 Å². The summed E-state index contributed by atoms with van der Waals surface area (Å²) in [4.78, 5) is 0. The van der Waals surface area contributed by atoms with Crippen LogP contribution in [-0.2, 0) is 0 Å². The van der Waals surface area contributed by atoms with Crippen LogP contribution in [0.25, 0.3) is 0 Å². The molecule has 2 nitrogen and oxygen atoms in total. The summed E-state index contributed by atoms with van der Waals surface area (Å²) in [5, 5.41) is 3.23. The average Bonchev–Trinajstić information content (AvgIpc) is 2.51. The Kier molecular flexibility index (Phi) is 3.55. The first-order chi connectivity index (χ1) is 6.13. The molecule has 0 saturated carbocycles. The topological polar surface area (TPSA) is 25.2 Å². The van der Waals surface area contributed by atoms with Crippen molar-refractivity contribution in [2.24, 2.45) is 0 Å². The van der Waals surface area contributed by atoms with E-state index in [2.05, 4.69) is 25.2 Å². The van der Waals surface area contributed by atoms with E-state index in [0.29, 0.717) is 12.0 Å². The molecule has 1 heterocycles. The molecule has 2 atom stereocenters. The fourth-order valence-corrected chi connectivity index (χ4v) is 1.48. The van der Waals surface area contributed by atoms with Gasteiger partial charge in [0.05, 0.1) is 0 Å². The summed E-state index contributed by atoms with van der Waals surface area (Å²) < 4.78 is 5.56. The molecule has 0 amide bonds. The van der Waals surface area contributed by atoms with Crippen LogP contribution in [0.3, 0.4) is 0 Å². The van der Waals surface area contributed by atoms with Crippen LogP contribution in [0.2, 0.25) is 0 Å². The van der Waals surface area contributed by atoms with Crippen molar-refractivity contribution in [3.63, 3.8) is 0 Å². The Bertz CT molecular complexity index is 254. The lowest BCUT2D eigenvalue weighted by molar-refractivity contribution is 0.416. The summed E-state index contributed by atoms with van der Waals surface area (Å²) in [5.74, 6) is 2.59.